The van der Waals surface area contributed by atoms with E-state index in [0.29, 0.717) is 12.3 Å². The molecule has 1 fully saturated rings. The number of piperidine rings is 1. The summed E-state index contributed by atoms with van der Waals surface area (Å²) in [5, 5.41) is 12.4. The minimum absolute atomic E-state index is 0.0180. The van der Waals surface area contributed by atoms with E-state index in [1.807, 2.05) is 13.0 Å². The molecule has 7 heteroatoms. The molecule has 0 saturated carbocycles. The van der Waals surface area contributed by atoms with E-state index < -0.39 is 0 Å². The first-order chi connectivity index (χ1) is 11.0. The Hall–Kier alpha value is -1.47. The fraction of sp³-hybridized carbons (Fsp3) is 0.562. The van der Waals surface area contributed by atoms with Crippen LogP contribution in [0.5, 0.6) is 11.5 Å². The minimum Gasteiger partial charge on any atom is -0.504 e. The van der Waals surface area contributed by atoms with Crippen LogP contribution >= 0.6 is 15.9 Å². The maximum Gasteiger partial charge on any atom is 0.407 e. The summed E-state index contributed by atoms with van der Waals surface area (Å²) >= 11 is 3.48. The van der Waals surface area contributed by atoms with Gasteiger partial charge in [-0.3, -0.25) is 4.90 Å². The molecule has 0 spiro atoms. The summed E-state index contributed by atoms with van der Waals surface area (Å²) in [5.41, 5.74) is 1.06. The number of aromatic hydroxyl groups is 1. The van der Waals surface area contributed by atoms with Crippen molar-refractivity contribution >= 4 is 22.0 Å². The zero-order chi connectivity index (χ0) is 16.8. The third-order valence-electron chi connectivity index (χ3n) is 3.87. The number of likely N-dealkylation sites (tertiary alicyclic amines) is 1. The smallest absolute Gasteiger partial charge is 0.407 e. The molecule has 128 valence electrons. The first-order valence-electron chi connectivity index (χ1n) is 7.75. The monoisotopic (exact) mass is 386 g/mol. The third-order valence-corrected chi connectivity index (χ3v) is 4.61. The molecule has 0 unspecified atom stereocenters. The van der Waals surface area contributed by atoms with Crippen molar-refractivity contribution in [2.45, 2.75) is 32.4 Å². The van der Waals surface area contributed by atoms with Gasteiger partial charge in [0.2, 0.25) is 0 Å². The molecular weight excluding hydrogens is 364 g/mol. The summed E-state index contributed by atoms with van der Waals surface area (Å²) in [7, 11) is 1.54. The van der Waals surface area contributed by atoms with E-state index in [0.717, 1.165) is 42.5 Å². The SMILES string of the molecule is CCNC(=O)OC1CCN(Cc2cc(OC)c(O)cc2Br)CC1. The van der Waals surface area contributed by atoms with Gasteiger partial charge in [0.25, 0.3) is 0 Å². The van der Waals surface area contributed by atoms with Crippen LogP contribution in [-0.4, -0.2) is 48.9 Å². The number of phenolic OH excluding ortho intramolecular Hbond substituents is 1. The number of hydrogen-bond acceptors (Lipinski definition) is 5. The molecule has 0 aromatic heterocycles. The lowest BCUT2D eigenvalue weighted by molar-refractivity contribution is 0.0489. The van der Waals surface area contributed by atoms with E-state index in [9.17, 15) is 9.90 Å². The van der Waals surface area contributed by atoms with E-state index in [-0.39, 0.29) is 17.9 Å². The predicted molar refractivity (Wildman–Crippen MR) is 90.8 cm³/mol. The molecule has 0 aliphatic carbocycles. The van der Waals surface area contributed by atoms with Gasteiger partial charge in [-0.2, -0.15) is 0 Å². The average molecular weight is 387 g/mol. The second kappa shape index (κ2) is 8.40. The maximum atomic E-state index is 11.4. The quantitative estimate of drug-likeness (QED) is 0.813. The van der Waals surface area contributed by atoms with Crippen molar-refractivity contribution in [3.05, 3.63) is 22.2 Å². The van der Waals surface area contributed by atoms with E-state index in [2.05, 4.69) is 26.1 Å². The van der Waals surface area contributed by atoms with Crippen molar-refractivity contribution in [2.24, 2.45) is 0 Å². The molecule has 2 rings (SSSR count). The number of benzene rings is 1. The number of methoxy groups -OCH3 is 1. The van der Waals surface area contributed by atoms with Crippen molar-refractivity contribution in [3.8, 4) is 11.5 Å². The number of carbonyl (C=O) groups is 1. The van der Waals surface area contributed by atoms with Crippen LogP contribution in [0.25, 0.3) is 0 Å². The Morgan fingerprint density at radius 3 is 2.74 bits per heavy atom. The van der Waals surface area contributed by atoms with E-state index in [1.165, 1.54) is 7.11 Å². The number of nitrogens with one attached hydrogen (secondary N) is 1. The zero-order valence-electron chi connectivity index (χ0n) is 13.5. The van der Waals surface area contributed by atoms with Crippen molar-refractivity contribution in [1.82, 2.24) is 10.2 Å². The standard InChI is InChI=1S/C16H23BrN2O4/c1-3-18-16(21)23-12-4-6-19(7-5-12)10-11-8-15(22-2)14(20)9-13(11)17/h8-9,12,20H,3-7,10H2,1-2H3,(H,18,21). The molecule has 23 heavy (non-hydrogen) atoms. The number of halogens is 1. The van der Waals surface area contributed by atoms with Crippen molar-refractivity contribution < 1.29 is 19.4 Å². The van der Waals surface area contributed by atoms with Gasteiger partial charge in [0.05, 0.1) is 7.11 Å². The summed E-state index contributed by atoms with van der Waals surface area (Å²) < 4.78 is 11.4. The van der Waals surface area contributed by atoms with Gasteiger partial charge in [-0.25, -0.2) is 4.79 Å². The van der Waals surface area contributed by atoms with Gasteiger partial charge >= 0.3 is 6.09 Å². The lowest BCUT2D eigenvalue weighted by Crippen LogP contribution is -2.39. The number of phenols is 1. The summed E-state index contributed by atoms with van der Waals surface area (Å²) in [5.74, 6) is 0.592. The van der Waals surface area contributed by atoms with Crippen LogP contribution in [0.15, 0.2) is 16.6 Å². The Bertz CT molecular complexity index is 545. The Labute approximate surface area is 144 Å². The van der Waals surface area contributed by atoms with Crippen LogP contribution < -0.4 is 10.1 Å². The molecular formula is C16H23BrN2O4. The zero-order valence-corrected chi connectivity index (χ0v) is 15.1. The van der Waals surface area contributed by atoms with Crippen molar-refractivity contribution in [2.75, 3.05) is 26.7 Å². The highest BCUT2D eigenvalue weighted by atomic mass is 79.9. The van der Waals surface area contributed by atoms with Crippen LogP contribution in [0.4, 0.5) is 4.79 Å². The number of amides is 1. The van der Waals surface area contributed by atoms with E-state index in [1.54, 1.807) is 6.07 Å². The van der Waals surface area contributed by atoms with Gasteiger partial charge in [-0.1, -0.05) is 15.9 Å². The number of nitrogens with zero attached hydrogens (tertiary/aromatic N) is 1. The molecule has 0 bridgehead atoms. The Morgan fingerprint density at radius 2 is 2.13 bits per heavy atom. The van der Waals surface area contributed by atoms with Crippen LogP contribution in [0.2, 0.25) is 0 Å². The van der Waals surface area contributed by atoms with Gasteiger partial charge in [0, 0.05) is 30.7 Å². The molecule has 1 aliphatic heterocycles. The predicted octanol–water partition coefficient (Wildman–Crippen LogP) is 2.87. The lowest BCUT2D eigenvalue weighted by Gasteiger charge is -2.31. The highest BCUT2D eigenvalue weighted by Crippen LogP contribution is 2.33. The molecule has 0 radical (unpaired) electrons. The Kier molecular flexibility index (Phi) is 6.53. The lowest BCUT2D eigenvalue weighted by atomic mass is 10.1. The molecule has 0 atom stereocenters. The molecule has 1 heterocycles. The summed E-state index contributed by atoms with van der Waals surface area (Å²) in [6.45, 7) is 4.92. The molecule has 2 N–H and O–H groups in total. The molecule has 1 aromatic rings. The van der Waals surface area contributed by atoms with Crippen LogP contribution in [0, 0.1) is 0 Å². The van der Waals surface area contributed by atoms with Gasteiger partial charge in [0.1, 0.15) is 6.10 Å². The highest BCUT2D eigenvalue weighted by Gasteiger charge is 2.23. The number of rotatable bonds is 5. The van der Waals surface area contributed by atoms with Gasteiger partial charge in [-0.15, -0.1) is 0 Å². The molecule has 1 aromatic carbocycles. The van der Waals surface area contributed by atoms with Crippen LogP contribution in [0.3, 0.4) is 0 Å². The summed E-state index contributed by atoms with van der Waals surface area (Å²) in [6.07, 6.45) is 1.29. The van der Waals surface area contributed by atoms with Crippen molar-refractivity contribution in [3.63, 3.8) is 0 Å². The fourth-order valence-corrected chi connectivity index (χ4v) is 3.09. The second-order valence-corrected chi connectivity index (χ2v) is 6.38. The summed E-state index contributed by atoms with van der Waals surface area (Å²) in [6, 6.07) is 3.50. The van der Waals surface area contributed by atoms with Gasteiger partial charge in [-0.05, 0) is 37.5 Å². The second-order valence-electron chi connectivity index (χ2n) is 5.53. The van der Waals surface area contributed by atoms with E-state index in [4.69, 9.17) is 9.47 Å². The third kappa shape index (κ3) is 5.00. The Balaban J connectivity index is 1.88. The average Bonchev–Trinajstić information content (AvgIpc) is 2.52. The molecule has 1 saturated heterocycles. The van der Waals surface area contributed by atoms with Gasteiger partial charge in [0.15, 0.2) is 11.5 Å². The maximum absolute atomic E-state index is 11.4. The highest BCUT2D eigenvalue weighted by molar-refractivity contribution is 9.10. The minimum atomic E-state index is -0.336. The van der Waals surface area contributed by atoms with Crippen LogP contribution in [-0.2, 0) is 11.3 Å². The largest absolute Gasteiger partial charge is 0.504 e. The van der Waals surface area contributed by atoms with Crippen LogP contribution in [0.1, 0.15) is 25.3 Å². The molecule has 1 amide bonds. The molecule has 1 aliphatic rings. The summed E-state index contributed by atoms with van der Waals surface area (Å²) in [4.78, 5) is 13.7. The first-order valence-corrected chi connectivity index (χ1v) is 8.55. The number of hydrogen-bond donors (Lipinski definition) is 2. The topological polar surface area (TPSA) is 71.0 Å². The number of ether oxygens (including phenoxy) is 2. The number of alkyl carbamates (subject to hydrolysis) is 1. The Morgan fingerprint density at radius 1 is 1.43 bits per heavy atom. The first kappa shape index (κ1) is 17.9. The molecule has 6 nitrogen and oxygen atoms in total. The van der Waals surface area contributed by atoms with Gasteiger partial charge < -0.3 is 19.9 Å². The fourth-order valence-electron chi connectivity index (χ4n) is 2.63. The van der Waals surface area contributed by atoms with E-state index >= 15 is 0 Å². The normalized spacial score (nSPS) is 16.1. The number of carbonyl (C=O) groups excluding carboxylic acids is 1. The van der Waals surface area contributed by atoms with Crippen molar-refractivity contribution in [1.29, 1.82) is 0 Å².